The quantitative estimate of drug-likeness (QED) is 0.499. The molecule has 136 valence electrons. The third-order valence-electron chi connectivity index (χ3n) is 5.06. The maximum atomic E-state index is 4.89. The summed E-state index contributed by atoms with van der Waals surface area (Å²) in [5.41, 5.74) is 6.25. The number of hydrogen-bond acceptors (Lipinski definition) is 5. The Bertz CT molecular complexity index is 1040. The second kappa shape index (κ2) is 6.94. The maximum Gasteiger partial charge on any atom is 0.183 e. The number of anilines is 1. The first kappa shape index (κ1) is 16.7. The highest BCUT2D eigenvalue weighted by molar-refractivity contribution is 7.19. The van der Waals surface area contributed by atoms with E-state index in [-0.39, 0.29) is 0 Å². The minimum atomic E-state index is 0.417. The second-order valence-corrected chi connectivity index (χ2v) is 8.71. The highest BCUT2D eigenvalue weighted by Gasteiger charge is 2.23. The van der Waals surface area contributed by atoms with Crippen LogP contribution in [-0.4, -0.2) is 14.8 Å². The van der Waals surface area contributed by atoms with E-state index in [4.69, 9.17) is 5.10 Å². The first-order valence-electron chi connectivity index (χ1n) is 9.11. The summed E-state index contributed by atoms with van der Waals surface area (Å²) in [4.78, 5) is 5.84. The van der Waals surface area contributed by atoms with Crippen LogP contribution in [0.1, 0.15) is 28.4 Å². The van der Waals surface area contributed by atoms with E-state index >= 15 is 0 Å². The number of fused-ring (bicyclic) bond motifs is 1. The molecule has 4 aromatic rings. The maximum absolute atomic E-state index is 4.89. The zero-order valence-electron chi connectivity index (χ0n) is 15.1. The minimum absolute atomic E-state index is 0.417. The molecule has 3 aromatic heterocycles. The lowest BCUT2D eigenvalue weighted by molar-refractivity contribution is 0.476. The summed E-state index contributed by atoms with van der Waals surface area (Å²) < 4.78 is 2.13. The average Bonchev–Trinajstić information content (AvgIpc) is 3.44. The Balaban J connectivity index is 1.33. The smallest absolute Gasteiger partial charge is 0.183 e. The van der Waals surface area contributed by atoms with Crippen molar-refractivity contribution in [3.63, 3.8) is 0 Å². The van der Waals surface area contributed by atoms with Gasteiger partial charge in [-0.1, -0.05) is 35.6 Å². The summed E-state index contributed by atoms with van der Waals surface area (Å²) >= 11 is 3.40. The molecule has 3 heterocycles. The molecule has 0 bridgehead atoms. The molecule has 0 spiro atoms. The Morgan fingerprint density at radius 2 is 1.96 bits per heavy atom. The molecule has 6 heteroatoms. The Hall–Kier alpha value is -2.44. The van der Waals surface area contributed by atoms with E-state index < -0.39 is 0 Å². The zero-order valence-corrected chi connectivity index (χ0v) is 16.7. The summed E-state index contributed by atoms with van der Waals surface area (Å²) in [6.45, 7) is 2.87. The normalized spacial score (nSPS) is 13.8. The molecule has 5 rings (SSSR count). The van der Waals surface area contributed by atoms with Gasteiger partial charge in [0.15, 0.2) is 5.13 Å². The fourth-order valence-electron chi connectivity index (χ4n) is 3.67. The van der Waals surface area contributed by atoms with E-state index in [0.29, 0.717) is 6.04 Å². The van der Waals surface area contributed by atoms with Crippen molar-refractivity contribution in [2.75, 3.05) is 5.32 Å². The molecule has 0 saturated heterocycles. The van der Waals surface area contributed by atoms with E-state index in [9.17, 15) is 0 Å². The Morgan fingerprint density at radius 3 is 2.70 bits per heavy atom. The molecule has 4 nitrogen and oxygen atoms in total. The summed E-state index contributed by atoms with van der Waals surface area (Å²) in [5.74, 6) is 0. The van der Waals surface area contributed by atoms with E-state index in [1.807, 2.05) is 0 Å². The number of aromatic nitrogens is 3. The third kappa shape index (κ3) is 3.31. The molecule has 1 aliphatic carbocycles. The van der Waals surface area contributed by atoms with Gasteiger partial charge in [0.2, 0.25) is 0 Å². The predicted molar refractivity (Wildman–Crippen MR) is 113 cm³/mol. The van der Waals surface area contributed by atoms with Gasteiger partial charge in [-0.25, -0.2) is 4.98 Å². The van der Waals surface area contributed by atoms with Crippen molar-refractivity contribution in [2.45, 2.75) is 32.4 Å². The molecular formula is C21H20N4S2. The molecule has 0 radical (unpaired) electrons. The van der Waals surface area contributed by atoms with Crippen molar-refractivity contribution in [1.82, 2.24) is 14.8 Å². The van der Waals surface area contributed by atoms with E-state index in [2.05, 4.69) is 75.3 Å². The number of hydrogen-bond donors (Lipinski definition) is 1. The molecular weight excluding hydrogens is 372 g/mol. The number of rotatable bonds is 5. The van der Waals surface area contributed by atoms with Crippen LogP contribution in [-0.2, 0) is 19.4 Å². The number of benzene rings is 1. The lowest BCUT2D eigenvalue weighted by Crippen LogP contribution is -2.09. The van der Waals surface area contributed by atoms with Gasteiger partial charge in [0.25, 0.3) is 0 Å². The molecule has 1 aliphatic rings. The van der Waals surface area contributed by atoms with Crippen molar-refractivity contribution in [1.29, 1.82) is 0 Å². The van der Waals surface area contributed by atoms with E-state index in [0.717, 1.165) is 40.8 Å². The summed E-state index contributed by atoms with van der Waals surface area (Å²) in [6, 6.07) is 13.4. The van der Waals surface area contributed by atoms with Gasteiger partial charge in [0.1, 0.15) is 5.69 Å². The van der Waals surface area contributed by atoms with Gasteiger partial charge in [0.05, 0.1) is 16.6 Å². The summed E-state index contributed by atoms with van der Waals surface area (Å²) in [5, 5.41) is 13.5. The Labute approximate surface area is 166 Å². The minimum Gasteiger partial charge on any atom is -0.357 e. The molecule has 1 aromatic carbocycles. The zero-order chi connectivity index (χ0) is 18.2. The van der Waals surface area contributed by atoms with Crippen molar-refractivity contribution >= 4 is 27.8 Å². The second-order valence-electron chi connectivity index (χ2n) is 6.93. The largest absolute Gasteiger partial charge is 0.357 e. The third-order valence-corrected chi connectivity index (χ3v) is 6.93. The van der Waals surface area contributed by atoms with Crippen LogP contribution < -0.4 is 5.32 Å². The van der Waals surface area contributed by atoms with Crippen LogP contribution in [0.25, 0.3) is 10.6 Å². The van der Waals surface area contributed by atoms with Crippen LogP contribution in [0.2, 0.25) is 0 Å². The highest BCUT2D eigenvalue weighted by Crippen LogP contribution is 2.34. The molecule has 0 aliphatic heterocycles. The summed E-state index contributed by atoms with van der Waals surface area (Å²) in [7, 11) is 0. The van der Waals surface area contributed by atoms with Gasteiger partial charge in [-0.2, -0.15) is 16.4 Å². The van der Waals surface area contributed by atoms with Crippen molar-refractivity contribution in [3.05, 3.63) is 75.7 Å². The fourth-order valence-corrected chi connectivity index (χ4v) is 5.26. The van der Waals surface area contributed by atoms with Crippen molar-refractivity contribution in [2.24, 2.45) is 0 Å². The molecule has 1 N–H and O–H groups in total. The van der Waals surface area contributed by atoms with Crippen LogP contribution >= 0.6 is 22.7 Å². The Morgan fingerprint density at radius 1 is 1.15 bits per heavy atom. The lowest BCUT2D eigenvalue weighted by Gasteiger charge is -2.09. The van der Waals surface area contributed by atoms with Gasteiger partial charge < -0.3 is 5.32 Å². The topological polar surface area (TPSA) is 42.7 Å². The van der Waals surface area contributed by atoms with Crippen LogP contribution in [0, 0.1) is 6.92 Å². The molecule has 0 amide bonds. The van der Waals surface area contributed by atoms with Crippen LogP contribution in [0.15, 0.2) is 53.4 Å². The molecule has 0 unspecified atom stereocenters. The van der Waals surface area contributed by atoms with Gasteiger partial charge in [-0.15, -0.1) is 0 Å². The van der Waals surface area contributed by atoms with Gasteiger partial charge in [-0.05, 0) is 59.3 Å². The lowest BCUT2D eigenvalue weighted by atomic mass is 10.1. The molecule has 0 saturated carbocycles. The van der Waals surface area contributed by atoms with E-state index in [1.165, 1.54) is 16.7 Å². The number of thiazole rings is 1. The highest BCUT2D eigenvalue weighted by atomic mass is 32.1. The SMILES string of the molecule is Cc1nc(NCc2ccsc2)sc1-c1ccn(C2Cc3ccccc3C2)n1. The average molecular weight is 393 g/mol. The first-order valence-corrected chi connectivity index (χ1v) is 10.9. The number of thiophene rings is 1. The summed E-state index contributed by atoms with van der Waals surface area (Å²) in [6.07, 6.45) is 4.24. The predicted octanol–water partition coefficient (Wildman–Crippen LogP) is 5.33. The molecule has 0 fully saturated rings. The van der Waals surface area contributed by atoms with Crippen molar-refractivity contribution in [3.8, 4) is 10.6 Å². The number of nitrogens with one attached hydrogen (secondary N) is 1. The van der Waals surface area contributed by atoms with Gasteiger partial charge in [-0.3, -0.25) is 4.68 Å². The number of nitrogens with zero attached hydrogens (tertiary/aromatic N) is 3. The standard InChI is InChI=1S/C21H20N4S2/c1-14-20(27-21(23-14)22-12-15-7-9-26-13-15)19-6-8-25(24-19)18-10-16-4-2-3-5-17(16)11-18/h2-9,13,18H,10-12H2,1H3,(H,22,23). The Kier molecular flexibility index (Phi) is 4.30. The van der Waals surface area contributed by atoms with Crippen LogP contribution in [0.4, 0.5) is 5.13 Å². The molecule has 27 heavy (non-hydrogen) atoms. The monoisotopic (exact) mass is 392 g/mol. The number of aryl methyl sites for hydroxylation is 1. The fraction of sp³-hybridized carbons (Fsp3) is 0.238. The van der Waals surface area contributed by atoms with Gasteiger partial charge >= 0.3 is 0 Å². The first-order chi connectivity index (χ1) is 13.3. The van der Waals surface area contributed by atoms with E-state index in [1.54, 1.807) is 22.7 Å². The van der Waals surface area contributed by atoms with Crippen LogP contribution in [0.5, 0.6) is 0 Å². The van der Waals surface area contributed by atoms with Gasteiger partial charge in [0, 0.05) is 12.7 Å². The molecule has 0 atom stereocenters. The van der Waals surface area contributed by atoms with Crippen molar-refractivity contribution < 1.29 is 0 Å². The van der Waals surface area contributed by atoms with Crippen LogP contribution in [0.3, 0.4) is 0 Å².